The van der Waals surface area contributed by atoms with E-state index in [0.717, 1.165) is 0 Å². The standard InChI is InChI=1S/C9H12F3NO3/c1-2-13-5-8(3-4-8)6(14)16-7(15)9(10,11)12/h13H,2-5H2,1H3. The van der Waals surface area contributed by atoms with Gasteiger partial charge in [-0.15, -0.1) is 0 Å². The van der Waals surface area contributed by atoms with Gasteiger partial charge in [0.25, 0.3) is 0 Å². The maximum atomic E-state index is 11.8. The predicted molar refractivity (Wildman–Crippen MR) is 47.4 cm³/mol. The molecule has 0 amide bonds. The Hall–Kier alpha value is -1.11. The molecule has 1 saturated carbocycles. The van der Waals surface area contributed by atoms with Gasteiger partial charge in [-0.1, -0.05) is 6.92 Å². The molecule has 0 unspecified atom stereocenters. The predicted octanol–water partition coefficient (Wildman–Crippen LogP) is 1.01. The van der Waals surface area contributed by atoms with Crippen molar-refractivity contribution in [1.82, 2.24) is 5.32 Å². The summed E-state index contributed by atoms with van der Waals surface area (Å²) in [4.78, 5) is 21.7. The topological polar surface area (TPSA) is 55.4 Å². The summed E-state index contributed by atoms with van der Waals surface area (Å²) >= 11 is 0. The van der Waals surface area contributed by atoms with Crippen LogP contribution in [0.4, 0.5) is 13.2 Å². The second kappa shape index (κ2) is 4.40. The minimum atomic E-state index is -5.12. The van der Waals surface area contributed by atoms with E-state index in [2.05, 4.69) is 10.1 Å². The summed E-state index contributed by atoms with van der Waals surface area (Å²) in [5.41, 5.74) is -0.934. The van der Waals surface area contributed by atoms with Gasteiger partial charge in [-0.3, -0.25) is 4.79 Å². The van der Waals surface area contributed by atoms with Crippen molar-refractivity contribution in [2.45, 2.75) is 25.9 Å². The van der Waals surface area contributed by atoms with Gasteiger partial charge in [-0.25, -0.2) is 4.79 Å². The number of ether oxygens (including phenoxy) is 1. The fraction of sp³-hybridized carbons (Fsp3) is 0.778. The molecule has 1 fully saturated rings. The number of hydrogen-bond acceptors (Lipinski definition) is 4. The number of carbonyl (C=O) groups excluding carboxylic acids is 2. The van der Waals surface area contributed by atoms with Crippen LogP contribution in [-0.2, 0) is 14.3 Å². The van der Waals surface area contributed by atoms with Crippen LogP contribution in [0.1, 0.15) is 19.8 Å². The van der Waals surface area contributed by atoms with Crippen LogP contribution in [0, 0.1) is 5.41 Å². The molecule has 0 spiro atoms. The highest BCUT2D eigenvalue weighted by atomic mass is 19.4. The lowest BCUT2D eigenvalue weighted by Crippen LogP contribution is -2.36. The third kappa shape index (κ3) is 2.94. The Morgan fingerprint density at radius 3 is 2.31 bits per heavy atom. The first-order chi connectivity index (χ1) is 7.32. The van der Waals surface area contributed by atoms with Gasteiger partial charge in [0.2, 0.25) is 0 Å². The minimum Gasteiger partial charge on any atom is -0.386 e. The molecule has 1 rings (SSSR count). The monoisotopic (exact) mass is 239 g/mol. The van der Waals surface area contributed by atoms with Crippen molar-refractivity contribution in [3.8, 4) is 0 Å². The molecule has 16 heavy (non-hydrogen) atoms. The first-order valence-electron chi connectivity index (χ1n) is 4.86. The van der Waals surface area contributed by atoms with Gasteiger partial charge in [-0.2, -0.15) is 13.2 Å². The quantitative estimate of drug-likeness (QED) is 0.587. The van der Waals surface area contributed by atoms with Gasteiger partial charge < -0.3 is 10.1 Å². The lowest BCUT2D eigenvalue weighted by molar-refractivity contribution is -0.203. The number of nitrogens with one attached hydrogen (secondary N) is 1. The van der Waals surface area contributed by atoms with E-state index in [-0.39, 0.29) is 6.54 Å². The molecular formula is C9H12F3NO3. The van der Waals surface area contributed by atoms with E-state index < -0.39 is 23.5 Å². The minimum absolute atomic E-state index is 0.244. The van der Waals surface area contributed by atoms with E-state index in [1.54, 1.807) is 0 Å². The van der Waals surface area contributed by atoms with Gasteiger partial charge in [-0.05, 0) is 19.4 Å². The molecule has 1 N–H and O–H groups in total. The normalized spacial score (nSPS) is 18.0. The fourth-order valence-electron chi connectivity index (χ4n) is 1.22. The van der Waals surface area contributed by atoms with Crippen molar-refractivity contribution in [2.24, 2.45) is 5.41 Å². The summed E-state index contributed by atoms with van der Waals surface area (Å²) < 4.78 is 39.3. The highest BCUT2D eigenvalue weighted by Crippen LogP contribution is 2.46. The van der Waals surface area contributed by atoms with Crippen molar-refractivity contribution < 1.29 is 27.5 Å². The molecule has 92 valence electrons. The van der Waals surface area contributed by atoms with Gasteiger partial charge >= 0.3 is 18.1 Å². The van der Waals surface area contributed by atoms with E-state index in [0.29, 0.717) is 19.4 Å². The number of esters is 2. The summed E-state index contributed by atoms with van der Waals surface area (Å²) in [6.45, 7) is 2.65. The second-order valence-electron chi connectivity index (χ2n) is 3.74. The van der Waals surface area contributed by atoms with Crippen LogP contribution in [0.3, 0.4) is 0 Å². The molecule has 7 heteroatoms. The number of carbonyl (C=O) groups is 2. The van der Waals surface area contributed by atoms with Crippen LogP contribution < -0.4 is 5.32 Å². The lowest BCUT2D eigenvalue weighted by Gasteiger charge is -2.14. The largest absolute Gasteiger partial charge is 0.491 e. The van der Waals surface area contributed by atoms with Crippen LogP contribution in [-0.4, -0.2) is 31.2 Å². The zero-order chi connectivity index (χ0) is 12.4. The highest BCUT2D eigenvalue weighted by molar-refractivity contribution is 5.92. The average molecular weight is 239 g/mol. The molecule has 0 radical (unpaired) electrons. The van der Waals surface area contributed by atoms with Crippen LogP contribution in [0.25, 0.3) is 0 Å². The fourth-order valence-corrected chi connectivity index (χ4v) is 1.22. The molecule has 0 aromatic heterocycles. The number of hydrogen-bond donors (Lipinski definition) is 1. The Morgan fingerprint density at radius 2 is 1.94 bits per heavy atom. The summed E-state index contributed by atoms with van der Waals surface area (Å²) in [6.07, 6.45) is -4.22. The zero-order valence-electron chi connectivity index (χ0n) is 8.69. The Morgan fingerprint density at radius 1 is 1.38 bits per heavy atom. The molecule has 0 aromatic carbocycles. The van der Waals surface area contributed by atoms with Gasteiger partial charge in [0, 0.05) is 6.54 Å². The maximum Gasteiger partial charge on any atom is 0.491 e. The van der Waals surface area contributed by atoms with Gasteiger partial charge in [0.1, 0.15) is 0 Å². The zero-order valence-corrected chi connectivity index (χ0v) is 8.69. The summed E-state index contributed by atoms with van der Waals surface area (Å²) in [5.74, 6) is -3.53. The molecule has 0 saturated heterocycles. The van der Waals surface area contributed by atoms with E-state index >= 15 is 0 Å². The van der Waals surface area contributed by atoms with E-state index in [1.165, 1.54) is 0 Å². The number of alkyl halides is 3. The third-order valence-corrected chi connectivity index (χ3v) is 2.42. The van der Waals surface area contributed by atoms with Crippen LogP contribution in [0.2, 0.25) is 0 Å². The Kier molecular flexibility index (Phi) is 3.57. The molecule has 0 aliphatic heterocycles. The van der Waals surface area contributed by atoms with Crippen molar-refractivity contribution in [2.75, 3.05) is 13.1 Å². The molecule has 0 bridgehead atoms. The lowest BCUT2D eigenvalue weighted by atomic mass is 10.1. The summed E-state index contributed by atoms with van der Waals surface area (Å²) in [7, 11) is 0. The molecule has 1 aliphatic rings. The van der Waals surface area contributed by atoms with Crippen LogP contribution in [0.15, 0.2) is 0 Å². The second-order valence-corrected chi connectivity index (χ2v) is 3.74. The number of rotatable bonds is 4. The van der Waals surface area contributed by atoms with E-state index in [9.17, 15) is 22.8 Å². The molecule has 1 aliphatic carbocycles. The molecule has 0 atom stereocenters. The number of halogens is 3. The Balaban J connectivity index is 2.50. The Labute approximate surface area is 90.1 Å². The van der Waals surface area contributed by atoms with Gasteiger partial charge in [0.05, 0.1) is 5.41 Å². The summed E-state index contributed by atoms with van der Waals surface area (Å²) in [6, 6.07) is 0. The third-order valence-electron chi connectivity index (χ3n) is 2.42. The van der Waals surface area contributed by atoms with Crippen LogP contribution in [0.5, 0.6) is 0 Å². The maximum absolute atomic E-state index is 11.8. The van der Waals surface area contributed by atoms with Crippen molar-refractivity contribution in [3.05, 3.63) is 0 Å². The van der Waals surface area contributed by atoms with Crippen LogP contribution >= 0.6 is 0 Å². The molecule has 0 heterocycles. The molecule has 0 aromatic rings. The van der Waals surface area contributed by atoms with Gasteiger partial charge in [0.15, 0.2) is 0 Å². The van der Waals surface area contributed by atoms with E-state index in [4.69, 9.17) is 0 Å². The molecular weight excluding hydrogens is 227 g/mol. The Bertz CT molecular complexity index is 297. The van der Waals surface area contributed by atoms with Crippen molar-refractivity contribution in [1.29, 1.82) is 0 Å². The first kappa shape index (κ1) is 13.0. The van der Waals surface area contributed by atoms with Crippen molar-refractivity contribution in [3.63, 3.8) is 0 Å². The smallest absolute Gasteiger partial charge is 0.386 e. The molecule has 4 nitrogen and oxygen atoms in total. The van der Waals surface area contributed by atoms with E-state index in [1.807, 2.05) is 6.92 Å². The first-order valence-corrected chi connectivity index (χ1v) is 4.86. The highest BCUT2D eigenvalue weighted by Gasteiger charge is 2.54. The summed E-state index contributed by atoms with van der Waals surface area (Å²) in [5, 5.41) is 2.85. The average Bonchev–Trinajstić information content (AvgIpc) is 2.94. The SMILES string of the molecule is CCNCC1(C(=O)OC(=O)C(F)(F)F)CC1. The van der Waals surface area contributed by atoms with Crippen molar-refractivity contribution >= 4 is 11.9 Å².